The minimum Gasteiger partial charge on any atom is -0.380 e. The van der Waals surface area contributed by atoms with Gasteiger partial charge in [0.2, 0.25) is 5.82 Å². The van der Waals surface area contributed by atoms with Crippen molar-refractivity contribution in [2.75, 3.05) is 12.4 Å². The van der Waals surface area contributed by atoms with Crippen molar-refractivity contribution in [3.05, 3.63) is 78.3 Å². The summed E-state index contributed by atoms with van der Waals surface area (Å²) in [6, 6.07) is 9.02. The molecule has 4 heterocycles. The van der Waals surface area contributed by atoms with Gasteiger partial charge in [0.25, 0.3) is 0 Å². The van der Waals surface area contributed by atoms with E-state index in [9.17, 15) is 4.39 Å². The second-order valence-corrected chi connectivity index (χ2v) is 6.60. The second kappa shape index (κ2) is 9.12. The van der Waals surface area contributed by atoms with Crippen LogP contribution in [-0.2, 0) is 6.54 Å². The highest BCUT2D eigenvalue weighted by Crippen LogP contribution is 2.27. The van der Waals surface area contributed by atoms with Crippen LogP contribution in [0, 0.1) is 5.82 Å². The lowest BCUT2D eigenvalue weighted by molar-refractivity contribution is 0.625. The number of allylic oxidation sites excluding steroid dienone is 2. The van der Waals surface area contributed by atoms with Crippen LogP contribution in [0.5, 0.6) is 0 Å². The summed E-state index contributed by atoms with van der Waals surface area (Å²) in [4.78, 5) is 16.8. The summed E-state index contributed by atoms with van der Waals surface area (Å²) < 4.78 is 16.0. The molecule has 0 aliphatic rings. The topological polar surface area (TPSA) is 92.4 Å². The fraction of sp³-hybridized carbons (Fsp3) is 0.136. The lowest BCUT2D eigenvalue weighted by Gasteiger charge is -2.12. The van der Waals surface area contributed by atoms with E-state index in [2.05, 4.69) is 35.7 Å². The molecule has 156 valence electrons. The molecule has 2 N–H and O–H groups in total. The first-order valence-electron chi connectivity index (χ1n) is 9.68. The van der Waals surface area contributed by atoms with Gasteiger partial charge in [0, 0.05) is 49.7 Å². The van der Waals surface area contributed by atoms with Crippen molar-refractivity contribution in [2.45, 2.75) is 13.5 Å². The number of pyridine rings is 2. The van der Waals surface area contributed by atoms with Gasteiger partial charge in [-0.2, -0.15) is 0 Å². The SMILES string of the molecule is C/C=C(\C=N/C)NCc1ccn2nc(-c3ccccn3)nc(Nc3ccncc3F)c12. The summed E-state index contributed by atoms with van der Waals surface area (Å²) in [6.45, 7) is 2.45. The van der Waals surface area contributed by atoms with Gasteiger partial charge in [-0.25, -0.2) is 13.9 Å². The number of nitrogens with zero attached hydrogens (tertiary/aromatic N) is 6. The Morgan fingerprint density at radius 2 is 2.13 bits per heavy atom. The van der Waals surface area contributed by atoms with Crippen molar-refractivity contribution in [3.63, 3.8) is 0 Å². The van der Waals surface area contributed by atoms with Crippen LogP contribution in [0.25, 0.3) is 17.0 Å². The highest BCUT2D eigenvalue weighted by Gasteiger charge is 2.16. The molecule has 0 aromatic carbocycles. The maximum Gasteiger partial charge on any atom is 0.200 e. The molecule has 4 aromatic heterocycles. The van der Waals surface area contributed by atoms with Crippen LogP contribution < -0.4 is 10.6 Å². The summed E-state index contributed by atoms with van der Waals surface area (Å²) in [6.07, 6.45) is 9.89. The van der Waals surface area contributed by atoms with E-state index < -0.39 is 5.82 Å². The largest absolute Gasteiger partial charge is 0.380 e. The van der Waals surface area contributed by atoms with Gasteiger partial charge < -0.3 is 10.6 Å². The zero-order chi connectivity index (χ0) is 21.6. The summed E-state index contributed by atoms with van der Waals surface area (Å²) in [5.74, 6) is 0.418. The molecular weight excluding hydrogens is 395 g/mol. The van der Waals surface area contributed by atoms with E-state index in [0.29, 0.717) is 23.9 Å². The monoisotopic (exact) mass is 416 g/mol. The number of fused-ring (bicyclic) bond motifs is 1. The van der Waals surface area contributed by atoms with Gasteiger partial charge in [0.1, 0.15) is 11.2 Å². The third-order valence-electron chi connectivity index (χ3n) is 4.58. The van der Waals surface area contributed by atoms with Crippen LogP contribution in [0.1, 0.15) is 12.5 Å². The van der Waals surface area contributed by atoms with E-state index >= 15 is 0 Å². The number of rotatable bonds is 7. The smallest absolute Gasteiger partial charge is 0.200 e. The molecule has 0 saturated carbocycles. The molecule has 9 heteroatoms. The molecule has 8 nitrogen and oxygen atoms in total. The van der Waals surface area contributed by atoms with Gasteiger partial charge in [-0.1, -0.05) is 12.1 Å². The molecule has 0 bridgehead atoms. The molecule has 0 unspecified atom stereocenters. The van der Waals surface area contributed by atoms with Gasteiger partial charge in [0.05, 0.1) is 11.9 Å². The van der Waals surface area contributed by atoms with Crippen LogP contribution in [-0.4, -0.2) is 37.8 Å². The Hall–Kier alpha value is -4.14. The van der Waals surface area contributed by atoms with Crippen molar-refractivity contribution in [1.29, 1.82) is 0 Å². The van der Waals surface area contributed by atoms with Crippen LogP contribution in [0.15, 0.2) is 71.9 Å². The Balaban J connectivity index is 1.79. The van der Waals surface area contributed by atoms with E-state index in [1.807, 2.05) is 43.5 Å². The molecule has 0 atom stereocenters. The van der Waals surface area contributed by atoms with E-state index in [1.54, 1.807) is 30.0 Å². The van der Waals surface area contributed by atoms with Crippen molar-refractivity contribution >= 4 is 23.2 Å². The third-order valence-corrected chi connectivity index (χ3v) is 4.58. The van der Waals surface area contributed by atoms with Crippen molar-refractivity contribution in [3.8, 4) is 11.5 Å². The number of hydrogen-bond acceptors (Lipinski definition) is 7. The highest BCUT2D eigenvalue weighted by molar-refractivity contribution is 5.79. The molecule has 0 aliphatic carbocycles. The first kappa shape index (κ1) is 20.1. The molecule has 4 rings (SSSR count). The highest BCUT2D eigenvalue weighted by atomic mass is 19.1. The van der Waals surface area contributed by atoms with Crippen molar-refractivity contribution in [1.82, 2.24) is 29.9 Å². The molecule has 0 amide bonds. The van der Waals surface area contributed by atoms with Crippen LogP contribution in [0.4, 0.5) is 15.9 Å². The Morgan fingerprint density at radius 3 is 2.87 bits per heavy atom. The number of hydrogen-bond donors (Lipinski definition) is 2. The summed E-state index contributed by atoms with van der Waals surface area (Å²) in [5, 5.41) is 11.0. The third kappa shape index (κ3) is 4.40. The minimum atomic E-state index is -0.472. The van der Waals surface area contributed by atoms with E-state index in [4.69, 9.17) is 0 Å². The fourth-order valence-electron chi connectivity index (χ4n) is 3.08. The molecule has 31 heavy (non-hydrogen) atoms. The van der Waals surface area contributed by atoms with Crippen LogP contribution >= 0.6 is 0 Å². The molecule has 0 aliphatic heterocycles. The van der Waals surface area contributed by atoms with E-state index in [0.717, 1.165) is 23.0 Å². The van der Waals surface area contributed by atoms with Crippen LogP contribution in [0.2, 0.25) is 0 Å². The predicted octanol–water partition coefficient (Wildman–Crippen LogP) is 3.76. The molecule has 0 radical (unpaired) electrons. The molecule has 0 spiro atoms. The van der Waals surface area contributed by atoms with E-state index in [-0.39, 0.29) is 5.69 Å². The van der Waals surface area contributed by atoms with Gasteiger partial charge in [-0.05, 0) is 31.2 Å². The first-order valence-corrected chi connectivity index (χ1v) is 9.68. The first-order chi connectivity index (χ1) is 15.2. The standard InChI is InChI=1S/C22H21FN8/c1-3-16(13-24-2)27-12-15-8-11-31-20(15)22(28-18-7-10-25-14-17(18)23)29-21(30-31)19-6-4-5-9-26-19/h3-11,13-14,27H,12H2,1-2H3,(H,25,28,29,30)/b16-3+,24-13-. The molecule has 0 saturated heterocycles. The Bertz CT molecular complexity index is 1250. The number of aromatic nitrogens is 5. The second-order valence-electron chi connectivity index (χ2n) is 6.60. The number of anilines is 2. The van der Waals surface area contributed by atoms with Crippen molar-refractivity contribution < 1.29 is 4.39 Å². The minimum absolute atomic E-state index is 0.273. The van der Waals surface area contributed by atoms with Crippen molar-refractivity contribution in [2.24, 2.45) is 4.99 Å². The van der Waals surface area contributed by atoms with Crippen LogP contribution in [0.3, 0.4) is 0 Å². The number of aliphatic imine (C=N–C) groups is 1. The van der Waals surface area contributed by atoms with Gasteiger partial charge in [-0.15, -0.1) is 5.10 Å². The summed E-state index contributed by atoms with van der Waals surface area (Å²) in [5.41, 5.74) is 3.45. The zero-order valence-electron chi connectivity index (χ0n) is 17.1. The van der Waals surface area contributed by atoms with Gasteiger partial charge in [-0.3, -0.25) is 15.0 Å². The van der Waals surface area contributed by atoms with E-state index in [1.165, 1.54) is 6.20 Å². The maximum absolute atomic E-state index is 14.3. The average Bonchev–Trinajstić information content (AvgIpc) is 3.22. The number of halogens is 1. The summed E-state index contributed by atoms with van der Waals surface area (Å²) in [7, 11) is 1.72. The Labute approximate surface area is 178 Å². The lowest BCUT2D eigenvalue weighted by atomic mass is 10.2. The fourth-order valence-corrected chi connectivity index (χ4v) is 3.08. The summed E-state index contributed by atoms with van der Waals surface area (Å²) >= 11 is 0. The number of nitrogens with one attached hydrogen (secondary N) is 2. The predicted molar refractivity (Wildman–Crippen MR) is 119 cm³/mol. The Kier molecular flexibility index (Phi) is 5.93. The lowest BCUT2D eigenvalue weighted by Crippen LogP contribution is -2.14. The van der Waals surface area contributed by atoms with Gasteiger partial charge >= 0.3 is 0 Å². The normalized spacial score (nSPS) is 11.9. The Morgan fingerprint density at radius 1 is 1.23 bits per heavy atom. The molecular formula is C22H21FN8. The maximum atomic E-state index is 14.3. The molecule has 4 aromatic rings. The molecule has 0 fully saturated rings. The van der Waals surface area contributed by atoms with Gasteiger partial charge in [0.15, 0.2) is 11.6 Å². The zero-order valence-corrected chi connectivity index (χ0v) is 17.1. The average molecular weight is 416 g/mol. The quantitative estimate of drug-likeness (QED) is 0.446.